The number of fused-ring (bicyclic) bond motifs is 1. The summed E-state index contributed by atoms with van der Waals surface area (Å²) in [4.78, 5) is 16.1. The van der Waals surface area contributed by atoms with Gasteiger partial charge in [0.15, 0.2) is 6.10 Å². The van der Waals surface area contributed by atoms with Crippen molar-refractivity contribution in [2.24, 2.45) is 5.92 Å². The lowest BCUT2D eigenvalue weighted by Gasteiger charge is -2.24. The Balaban J connectivity index is 1.73. The van der Waals surface area contributed by atoms with Crippen LogP contribution in [-0.4, -0.2) is 55.8 Å². The van der Waals surface area contributed by atoms with Crippen LogP contribution >= 0.6 is 0 Å². The lowest BCUT2D eigenvalue weighted by Crippen LogP contribution is -2.37. The van der Waals surface area contributed by atoms with Crippen molar-refractivity contribution in [3.63, 3.8) is 0 Å². The van der Waals surface area contributed by atoms with Crippen LogP contribution in [-0.2, 0) is 19.6 Å². The highest BCUT2D eigenvalue weighted by Gasteiger charge is 2.27. The van der Waals surface area contributed by atoms with Gasteiger partial charge in [0.25, 0.3) is 0 Å². The lowest BCUT2D eigenvalue weighted by atomic mass is 10.0. The molecule has 0 spiro atoms. The van der Waals surface area contributed by atoms with E-state index in [0.717, 1.165) is 10.8 Å². The first kappa shape index (κ1) is 24.2. The number of aliphatic hydroxyl groups excluding tert-OH is 1. The van der Waals surface area contributed by atoms with E-state index in [1.807, 2.05) is 0 Å². The fourth-order valence-corrected chi connectivity index (χ4v) is 3.86. The maximum atomic E-state index is 12.5. The van der Waals surface area contributed by atoms with Crippen LogP contribution < -0.4 is 10.0 Å². The van der Waals surface area contributed by atoms with E-state index in [1.165, 1.54) is 0 Å². The Labute approximate surface area is 178 Å². The second-order valence-corrected chi connectivity index (χ2v) is 10.0. The molecule has 2 rings (SSSR count). The predicted molar refractivity (Wildman–Crippen MR) is 115 cm³/mol. The first-order valence-corrected chi connectivity index (χ1v) is 11.4. The van der Waals surface area contributed by atoms with Gasteiger partial charge in [-0.25, -0.2) is 17.9 Å². The molecule has 0 saturated heterocycles. The average Bonchev–Trinajstić information content (AvgIpc) is 2.68. The lowest BCUT2D eigenvalue weighted by molar-refractivity contribution is -0.167. The number of carbonyl (C=O) groups is 1. The van der Waals surface area contributed by atoms with Crippen LogP contribution in [0.1, 0.15) is 34.1 Å². The molecular weight excluding hydrogens is 406 g/mol. The smallest absolute Gasteiger partial charge is 0.335 e. The minimum absolute atomic E-state index is 0.204. The normalized spacial score (nSPS) is 14.4. The number of aromatic nitrogens is 1. The van der Waals surface area contributed by atoms with Gasteiger partial charge in [-0.15, -0.1) is 0 Å². The molecule has 2 aromatic rings. The Kier molecular flexibility index (Phi) is 8.31. The highest BCUT2D eigenvalue weighted by molar-refractivity contribution is 7.89. The van der Waals surface area contributed by atoms with Crippen molar-refractivity contribution in [1.82, 2.24) is 15.0 Å². The third kappa shape index (κ3) is 7.32. The molecule has 0 saturated carbocycles. The number of nitrogens with zero attached hydrogens (tertiary/aromatic N) is 1. The standard InChI is InChI=1S/C21H31N3O5S/c1-15(19(25)20(26)29-21(2,3)4)7-9-22-11-12-24-30(27,28)18-6-5-17-14-23-10-8-16(17)13-18/h5-6,8,10,13-15,19,22,24-25H,7,9,11-12H2,1-4H3. The van der Waals surface area contributed by atoms with E-state index in [0.29, 0.717) is 19.5 Å². The van der Waals surface area contributed by atoms with Gasteiger partial charge in [-0.2, -0.15) is 0 Å². The number of esters is 1. The Hall–Kier alpha value is -2.07. The van der Waals surface area contributed by atoms with Crippen LogP contribution in [0.25, 0.3) is 10.8 Å². The number of benzene rings is 1. The second-order valence-electron chi connectivity index (χ2n) is 8.28. The summed E-state index contributed by atoms with van der Waals surface area (Å²) < 4.78 is 32.7. The predicted octanol–water partition coefficient (Wildman–Crippen LogP) is 1.83. The third-order valence-corrected chi connectivity index (χ3v) is 5.94. The number of hydrogen-bond acceptors (Lipinski definition) is 7. The molecule has 0 amide bonds. The Morgan fingerprint density at radius 1 is 1.17 bits per heavy atom. The van der Waals surface area contributed by atoms with E-state index >= 15 is 0 Å². The van der Waals surface area contributed by atoms with E-state index in [4.69, 9.17) is 4.74 Å². The van der Waals surface area contributed by atoms with Crippen molar-refractivity contribution in [2.75, 3.05) is 19.6 Å². The van der Waals surface area contributed by atoms with Crippen molar-refractivity contribution in [2.45, 2.75) is 50.7 Å². The van der Waals surface area contributed by atoms with Gasteiger partial charge in [-0.3, -0.25) is 4.98 Å². The number of nitrogens with one attached hydrogen (secondary N) is 2. The van der Waals surface area contributed by atoms with Crippen LogP contribution in [0.2, 0.25) is 0 Å². The molecule has 0 fully saturated rings. The molecule has 1 aromatic heterocycles. The molecular formula is C21H31N3O5S. The summed E-state index contributed by atoms with van der Waals surface area (Å²) in [5.74, 6) is -0.912. The molecule has 166 valence electrons. The molecule has 8 nitrogen and oxygen atoms in total. The van der Waals surface area contributed by atoms with Crippen molar-refractivity contribution < 1.29 is 23.1 Å². The molecule has 1 aromatic carbocycles. The monoisotopic (exact) mass is 437 g/mol. The molecule has 9 heteroatoms. The second kappa shape index (κ2) is 10.3. The minimum Gasteiger partial charge on any atom is -0.458 e. The van der Waals surface area contributed by atoms with Gasteiger partial charge in [-0.1, -0.05) is 13.0 Å². The summed E-state index contributed by atoms with van der Waals surface area (Å²) in [6.07, 6.45) is 2.67. The maximum Gasteiger partial charge on any atom is 0.335 e. The maximum absolute atomic E-state index is 12.5. The van der Waals surface area contributed by atoms with Crippen LogP contribution in [0.3, 0.4) is 0 Å². The van der Waals surface area contributed by atoms with Crippen LogP contribution in [0, 0.1) is 5.92 Å². The zero-order chi connectivity index (χ0) is 22.4. The highest BCUT2D eigenvalue weighted by atomic mass is 32.2. The van der Waals surface area contributed by atoms with E-state index in [-0.39, 0.29) is 17.4 Å². The van der Waals surface area contributed by atoms with Gasteiger partial charge >= 0.3 is 5.97 Å². The van der Waals surface area contributed by atoms with Crippen molar-refractivity contribution >= 4 is 26.8 Å². The summed E-state index contributed by atoms with van der Waals surface area (Å²) in [5.41, 5.74) is -0.644. The van der Waals surface area contributed by atoms with Crippen LogP contribution in [0.15, 0.2) is 41.6 Å². The van der Waals surface area contributed by atoms with Crippen LogP contribution in [0.5, 0.6) is 0 Å². The van der Waals surface area contributed by atoms with Gasteiger partial charge < -0.3 is 15.2 Å². The van der Waals surface area contributed by atoms with Gasteiger partial charge in [0.05, 0.1) is 4.90 Å². The minimum atomic E-state index is -3.61. The molecule has 0 aliphatic rings. The first-order chi connectivity index (χ1) is 14.0. The number of ether oxygens (including phenoxy) is 1. The average molecular weight is 438 g/mol. The number of hydrogen-bond donors (Lipinski definition) is 3. The summed E-state index contributed by atoms with van der Waals surface area (Å²) in [5, 5.41) is 14.9. The summed E-state index contributed by atoms with van der Waals surface area (Å²) >= 11 is 0. The fourth-order valence-electron chi connectivity index (χ4n) is 2.79. The molecule has 0 aliphatic carbocycles. The fraction of sp³-hybridized carbons (Fsp3) is 0.524. The molecule has 0 bridgehead atoms. The Morgan fingerprint density at radius 3 is 2.60 bits per heavy atom. The zero-order valence-corrected chi connectivity index (χ0v) is 18.7. The van der Waals surface area contributed by atoms with E-state index in [1.54, 1.807) is 64.4 Å². The van der Waals surface area contributed by atoms with E-state index < -0.39 is 27.7 Å². The number of carbonyl (C=O) groups excluding carboxylic acids is 1. The molecule has 3 N–H and O–H groups in total. The molecule has 1 heterocycles. The van der Waals surface area contributed by atoms with Gasteiger partial charge in [0.2, 0.25) is 10.0 Å². The number of aliphatic hydroxyl groups is 1. The summed E-state index contributed by atoms with van der Waals surface area (Å²) in [6.45, 7) is 8.20. The number of rotatable bonds is 10. The van der Waals surface area contributed by atoms with Gasteiger partial charge in [0.1, 0.15) is 5.60 Å². The van der Waals surface area contributed by atoms with Gasteiger partial charge in [0, 0.05) is 30.9 Å². The Morgan fingerprint density at radius 2 is 1.90 bits per heavy atom. The summed E-state index contributed by atoms with van der Waals surface area (Å²) in [7, 11) is -3.61. The molecule has 2 atom stereocenters. The number of sulfonamides is 1. The number of pyridine rings is 1. The highest BCUT2D eigenvalue weighted by Crippen LogP contribution is 2.18. The largest absolute Gasteiger partial charge is 0.458 e. The van der Waals surface area contributed by atoms with Gasteiger partial charge in [-0.05, 0) is 63.2 Å². The molecule has 2 unspecified atom stereocenters. The molecule has 30 heavy (non-hydrogen) atoms. The molecule has 0 aliphatic heterocycles. The quantitative estimate of drug-likeness (QED) is 0.383. The van der Waals surface area contributed by atoms with Crippen molar-refractivity contribution in [3.05, 3.63) is 36.7 Å². The third-order valence-electron chi connectivity index (χ3n) is 4.48. The van der Waals surface area contributed by atoms with E-state index in [2.05, 4.69) is 15.0 Å². The SMILES string of the molecule is CC(CCNCCNS(=O)(=O)c1ccc2cnccc2c1)C(O)C(=O)OC(C)(C)C. The topological polar surface area (TPSA) is 118 Å². The summed E-state index contributed by atoms with van der Waals surface area (Å²) in [6, 6.07) is 6.67. The van der Waals surface area contributed by atoms with Crippen molar-refractivity contribution in [3.8, 4) is 0 Å². The van der Waals surface area contributed by atoms with E-state index in [9.17, 15) is 18.3 Å². The first-order valence-electron chi connectivity index (χ1n) is 9.95. The molecule has 0 radical (unpaired) electrons. The van der Waals surface area contributed by atoms with Crippen molar-refractivity contribution in [1.29, 1.82) is 0 Å². The van der Waals surface area contributed by atoms with Crippen LogP contribution in [0.4, 0.5) is 0 Å². The zero-order valence-electron chi connectivity index (χ0n) is 17.9. The Bertz CT molecular complexity index is 957.